The Morgan fingerprint density at radius 2 is 1.86 bits per heavy atom. The minimum atomic E-state index is -0.861. The normalized spacial score (nSPS) is 10.8. The van der Waals surface area contributed by atoms with Crippen LogP contribution in [-0.4, -0.2) is 17.7 Å². The fourth-order valence-corrected chi connectivity index (χ4v) is 2.86. The number of carboxylic acids is 1. The lowest BCUT2D eigenvalue weighted by Gasteiger charge is -2.13. The van der Waals surface area contributed by atoms with Crippen LogP contribution in [0.2, 0.25) is 0 Å². The Bertz CT molecular complexity index is 1080. The third kappa shape index (κ3) is 4.17. The molecule has 28 heavy (non-hydrogen) atoms. The number of hydrogen-bond acceptors (Lipinski definition) is 5. The Balaban J connectivity index is 1.84. The van der Waals surface area contributed by atoms with Crippen LogP contribution in [0.5, 0.6) is 17.2 Å². The van der Waals surface area contributed by atoms with Gasteiger partial charge in [-0.1, -0.05) is 12.1 Å². The van der Waals surface area contributed by atoms with Gasteiger partial charge in [0.15, 0.2) is 0 Å². The second-order valence-electron chi connectivity index (χ2n) is 6.69. The van der Waals surface area contributed by atoms with E-state index in [9.17, 15) is 9.59 Å². The zero-order valence-electron chi connectivity index (χ0n) is 16.1. The molecule has 1 N–H and O–H groups in total. The van der Waals surface area contributed by atoms with Crippen molar-refractivity contribution >= 4 is 16.9 Å². The first-order chi connectivity index (χ1) is 13.4. The fourth-order valence-electron chi connectivity index (χ4n) is 2.86. The standard InChI is InChI=1S/C22H22O6/c1-13-6-7-14(2)22(15(13)3)28-19-12-27-18-11-16(8-9-17(18)21(19)25)26-10-4-5-20(23)24/h6-9,11-12H,4-5,10H2,1-3H3,(H,23,24). The van der Waals surface area contributed by atoms with Crippen LogP contribution >= 0.6 is 0 Å². The summed E-state index contributed by atoms with van der Waals surface area (Å²) in [5, 5.41) is 9.03. The molecule has 0 amide bonds. The van der Waals surface area contributed by atoms with Crippen molar-refractivity contribution in [3.8, 4) is 17.2 Å². The van der Waals surface area contributed by atoms with Gasteiger partial charge in [0.1, 0.15) is 23.3 Å². The van der Waals surface area contributed by atoms with Crippen LogP contribution in [0, 0.1) is 20.8 Å². The molecule has 0 spiro atoms. The smallest absolute Gasteiger partial charge is 0.303 e. The molecule has 0 radical (unpaired) electrons. The van der Waals surface area contributed by atoms with Gasteiger partial charge in [0, 0.05) is 12.5 Å². The fraction of sp³-hybridized carbons (Fsp3) is 0.273. The van der Waals surface area contributed by atoms with Crippen molar-refractivity contribution in [3.63, 3.8) is 0 Å². The Labute approximate surface area is 162 Å². The minimum absolute atomic E-state index is 0.0428. The van der Waals surface area contributed by atoms with Crippen LogP contribution in [0.25, 0.3) is 11.0 Å². The predicted octanol–water partition coefficient (Wildman–Crippen LogP) is 4.75. The van der Waals surface area contributed by atoms with Crippen molar-refractivity contribution in [3.05, 3.63) is 63.5 Å². The zero-order chi connectivity index (χ0) is 20.3. The van der Waals surface area contributed by atoms with Crippen LogP contribution in [-0.2, 0) is 4.79 Å². The van der Waals surface area contributed by atoms with E-state index in [-0.39, 0.29) is 24.2 Å². The first kappa shape index (κ1) is 19.5. The van der Waals surface area contributed by atoms with Crippen molar-refractivity contribution in [2.24, 2.45) is 0 Å². The lowest BCUT2D eigenvalue weighted by molar-refractivity contribution is -0.137. The van der Waals surface area contributed by atoms with Crippen LogP contribution in [0.1, 0.15) is 29.5 Å². The molecule has 6 nitrogen and oxygen atoms in total. The molecular weight excluding hydrogens is 360 g/mol. The summed E-state index contributed by atoms with van der Waals surface area (Å²) in [5.74, 6) is 0.435. The largest absolute Gasteiger partial charge is 0.493 e. The molecule has 0 aliphatic rings. The molecule has 1 aromatic heterocycles. The molecule has 6 heteroatoms. The van der Waals surface area contributed by atoms with Gasteiger partial charge in [-0.15, -0.1) is 0 Å². The first-order valence-electron chi connectivity index (χ1n) is 9.01. The molecule has 146 valence electrons. The van der Waals surface area contributed by atoms with Gasteiger partial charge in [-0.3, -0.25) is 9.59 Å². The monoisotopic (exact) mass is 382 g/mol. The third-order valence-corrected chi connectivity index (χ3v) is 4.60. The Kier molecular flexibility index (Phi) is 5.68. The van der Waals surface area contributed by atoms with E-state index in [1.807, 2.05) is 32.9 Å². The van der Waals surface area contributed by atoms with Crippen molar-refractivity contribution < 1.29 is 23.8 Å². The maximum absolute atomic E-state index is 12.8. The molecule has 2 aromatic carbocycles. The molecule has 0 aliphatic heterocycles. The molecular formula is C22H22O6. The van der Waals surface area contributed by atoms with Crippen molar-refractivity contribution in [2.45, 2.75) is 33.6 Å². The van der Waals surface area contributed by atoms with Gasteiger partial charge in [-0.2, -0.15) is 0 Å². The summed E-state index contributed by atoms with van der Waals surface area (Å²) in [6.07, 6.45) is 1.75. The average Bonchev–Trinajstić information content (AvgIpc) is 2.67. The number of benzene rings is 2. The number of hydrogen-bond donors (Lipinski definition) is 1. The highest BCUT2D eigenvalue weighted by Gasteiger charge is 2.13. The molecule has 0 unspecified atom stereocenters. The van der Waals surface area contributed by atoms with Gasteiger partial charge >= 0.3 is 5.97 Å². The SMILES string of the molecule is Cc1ccc(C)c(Oc2coc3cc(OCCCC(=O)O)ccc3c2=O)c1C. The maximum Gasteiger partial charge on any atom is 0.303 e. The van der Waals surface area contributed by atoms with Gasteiger partial charge in [-0.25, -0.2) is 0 Å². The predicted molar refractivity (Wildman–Crippen MR) is 106 cm³/mol. The highest BCUT2D eigenvalue weighted by atomic mass is 16.5. The van der Waals surface area contributed by atoms with Crippen LogP contribution in [0.15, 0.2) is 45.8 Å². The number of rotatable bonds is 7. The molecule has 0 saturated heterocycles. The van der Waals surface area contributed by atoms with Crippen molar-refractivity contribution in [1.29, 1.82) is 0 Å². The first-order valence-corrected chi connectivity index (χ1v) is 9.01. The van der Waals surface area contributed by atoms with E-state index in [4.69, 9.17) is 19.0 Å². The van der Waals surface area contributed by atoms with E-state index in [1.165, 1.54) is 6.26 Å². The Morgan fingerprint density at radius 3 is 2.61 bits per heavy atom. The molecule has 3 aromatic rings. The number of carboxylic acid groups (broad SMARTS) is 1. The summed E-state index contributed by atoms with van der Waals surface area (Å²) in [4.78, 5) is 23.3. The molecule has 0 saturated carbocycles. The van der Waals surface area contributed by atoms with E-state index in [1.54, 1.807) is 18.2 Å². The van der Waals surface area contributed by atoms with E-state index in [0.29, 0.717) is 28.9 Å². The third-order valence-electron chi connectivity index (χ3n) is 4.60. The van der Waals surface area contributed by atoms with Gasteiger partial charge in [0.25, 0.3) is 0 Å². The summed E-state index contributed by atoms with van der Waals surface area (Å²) in [6, 6.07) is 8.86. The topological polar surface area (TPSA) is 86.0 Å². The van der Waals surface area contributed by atoms with Gasteiger partial charge in [0.05, 0.1) is 12.0 Å². The summed E-state index contributed by atoms with van der Waals surface area (Å²) in [5.41, 5.74) is 3.11. The summed E-state index contributed by atoms with van der Waals surface area (Å²) >= 11 is 0. The molecule has 0 fully saturated rings. The lowest BCUT2D eigenvalue weighted by Crippen LogP contribution is -2.07. The van der Waals surface area contributed by atoms with Crippen LogP contribution in [0.4, 0.5) is 0 Å². The quantitative estimate of drug-likeness (QED) is 0.593. The molecule has 3 rings (SSSR count). The molecule has 0 bridgehead atoms. The van der Waals surface area contributed by atoms with Gasteiger partial charge < -0.3 is 19.0 Å². The summed E-state index contributed by atoms with van der Waals surface area (Å²) in [6.45, 7) is 6.14. The zero-order valence-corrected chi connectivity index (χ0v) is 16.1. The number of aryl methyl sites for hydroxylation is 2. The van der Waals surface area contributed by atoms with E-state index in [0.717, 1.165) is 16.7 Å². The Morgan fingerprint density at radius 1 is 1.11 bits per heavy atom. The van der Waals surface area contributed by atoms with Crippen molar-refractivity contribution in [1.82, 2.24) is 0 Å². The van der Waals surface area contributed by atoms with E-state index >= 15 is 0 Å². The van der Waals surface area contributed by atoms with Gasteiger partial charge in [0.2, 0.25) is 11.2 Å². The molecule has 0 atom stereocenters. The second kappa shape index (κ2) is 8.17. The number of carbonyl (C=O) groups is 1. The van der Waals surface area contributed by atoms with Gasteiger partial charge in [-0.05, 0) is 56.0 Å². The second-order valence-corrected chi connectivity index (χ2v) is 6.69. The molecule has 0 aliphatic carbocycles. The van der Waals surface area contributed by atoms with Crippen LogP contribution < -0.4 is 14.9 Å². The van der Waals surface area contributed by atoms with Crippen molar-refractivity contribution in [2.75, 3.05) is 6.61 Å². The molecule has 1 heterocycles. The minimum Gasteiger partial charge on any atom is -0.493 e. The lowest BCUT2D eigenvalue weighted by atomic mass is 10.1. The van der Waals surface area contributed by atoms with E-state index in [2.05, 4.69) is 0 Å². The van der Waals surface area contributed by atoms with Crippen LogP contribution in [0.3, 0.4) is 0 Å². The summed E-state index contributed by atoms with van der Waals surface area (Å²) in [7, 11) is 0. The average molecular weight is 382 g/mol. The van der Waals surface area contributed by atoms with E-state index < -0.39 is 5.97 Å². The number of ether oxygens (including phenoxy) is 2. The summed E-state index contributed by atoms with van der Waals surface area (Å²) < 4.78 is 17.0. The maximum atomic E-state index is 12.8. The highest BCUT2D eigenvalue weighted by molar-refractivity contribution is 5.79. The number of aliphatic carboxylic acids is 1. The Hall–Kier alpha value is -3.28. The highest BCUT2D eigenvalue weighted by Crippen LogP contribution is 2.30. The number of fused-ring (bicyclic) bond motifs is 1.